The van der Waals surface area contributed by atoms with Gasteiger partial charge in [-0.3, -0.25) is 0 Å². The zero-order chi connectivity index (χ0) is 12.1. The van der Waals surface area contributed by atoms with Gasteiger partial charge in [-0.15, -0.1) is 0 Å². The number of ether oxygens (including phenoxy) is 2. The predicted molar refractivity (Wildman–Crippen MR) is 61.1 cm³/mol. The van der Waals surface area contributed by atoms with Crippen LogP contribution in [0.25, 0.3) is 0 Å². The van der Waals surface area contributed by atoms with Gasteiger partial charge in [-0.2, -0.15) is 0 Å². The first-order chi connectivity index (χ1) is 7.62. The highest BCUT2D eigenvalue weighted by Crippen LogP contribution is 2.29. The number of benzene rings is 1. The van der Waals surface area contributed by atoms with Gasteiger partial charge in [-0.05, 0) is 24.6 Å². The normalized spacial score (nSPS) is 12.3. The quantitative estimate of drug-likeness (QED) is 0.783. The summed E-state index contributed by atoms with van der Waals surface area (Å²) in [5.74, 6) is 1.44. The van der Waals surface area contributed by atoms with Gasteiger partial charge in [-0.1, -0.05) is 0 Å². The molecule has 4 nitrogen and oxygen atoms in total. The number of hydrogen-bond donors (Lipinski definition) is 2. The largest absolute Gasteiger partial charge is 0.496 e. The molecule has 0 saturated heterocycles. The standard InChI is InChI=1S/C12H18O4/c1-8-11(15-2)5-9(4-10(14)7-13)6-12(8)16-3/h5-6,10,13-14H,4,7H2,1-3H3. The Morgan fingerprint density at radius 3 is 2.06 bits per heavy atom. The first-order valence-electron chi connectivity index (χ1n) is 5.12. The fourth-order valence-corrected chi connectivity index (χ4v) is 1.59. The Balaban J connectivity index is 3.02. The van der Waals surface area contributed by atoms with E-state index in [2.05, 4.69) is 0 Å². The van der Waals surface area contributed by atoms with Crippen LogP contribution in [0.4, 0.5) is 0 Å². The van der Waals surface area contributed by atoms with E-state index in [1.54, 1.807) is 14.2 Å². The Bertz CT molecular complexity index is 324. The summed E-state index contributed by atoms with van der Waals surface area (Å²) in [7, 11) is 3.18. The van der Waals surface area contributed by atoms with E-state index in [-0.39, 0.29) is 6.61 Å². The summed E-state index contributed by atoms with van der Waals surface area (Å²) in [5, 5.41) is 18.2. The van der Waals surface area contributed by atoms with Crippen LogP contribution in [0.1, 0.15) is 11.1 Å². The maximum Gasteiger partial charge on any atom is 0.125 e. The molecule has 0 heterocycles. The molecule has 90 valence electrons. The molecule has 1 atom stereocenters. The van der Waals surface area contributed by atoms with Crippen molar-refractivity contribution in [3.8, 4) is 11.5 Å². The minimum absolute atomic E-state index is 0.251. The molecular formula is C12H18O4. The molecule has 0 radical (unpaired) electrons. The molecule has 2 N–H and O–H groups in total. The lowest BCUT2D eigenvalue weighted by molar-refractivity contribution is 0.0954. The molecule has 0 fully saturated rings. The number of rotatable bonds is 5. The van der Waals surface area contributed by atoms with Crippen molar-refractivity contribution in [2.75, 3.05) is 20.8 Å². The summed E-state index contributed by atoms with van der Waals surface area (Å²) in [6.45, 7) is 1.66. The first kappa shape index (κ1) is 12.8. The molecule has 1 aromatic carbocycles. The molecule has 1 unspecified atom stereocenters. The van der Waals surface area contributed by atoms with Crippen LogP contribution in [0.3, 0.4) is 0 Å². The van der Waals surface area contributed by atoms with Crippen molar-refractivity contribution in [1.29, 1.82) is 0 Å². The monoisotopic (exact) mass is 226 g/mol. The first-order valence-corrected chi connectivity index (χ1v) is 5.12. The molecule has 0 amide bonds. The molecule has 1 rings (SSSR count). The van der Waals surface area contributed by atoms with Gasteiger partial charge in [0.25, 0.3) is 0 Å². The van der Waals surface area contributed by atoms with Crippen molar-refractivity contribution < 1.29 is 19.7 Å². The zero-order valence-corrected chi connectivity index (χ0v) is 9.86. The summed E-state index contributed by atoms with van der Waals surface area (Å²) in [5.41, 5.74) is 1.80. The van der Waals surface area contributed by atoms with Crippen molar-refractivity contribution in [3.05, 3.63) is 23.3 Å². The Hall–Kier alpha value is -1.26. The fraction of sp³-hybridized carbons (Fsp3) is 0.500. The maximum atomic E-state index is 9.38. The molecule has 0 aliphatic heterocycles. The minimum atomic E-state index is -0.753. The summed E-state index contributed by atoms with van der Waals surface area (Å²) >= 11 is 0. The molecule has 0 bridgehead atoms. The third-order valence-corrected chi connectivity index (χ3v) is 2.49. The number of aliphatic hydroxyl groups excluding tert-OH is 2. The Morgan fingerprint density at radius 1 is 1.19 bits per heavy atom. The van der Waals surface area contributed by atoms with Crippen LogP contribution < -0.4 is 9.47 Å². The van der Waals surface area contributed by atoms with Crippen LogP contribution in [-0.4, -0.2) is 37.1 Å². The van der Waals surface area contributed by atoms with Gasteiger partial charge < -0.3 is 19.7 Å². The molecule has 0 aliphatic rings. The molecule has 0 saturated carbocycles. The van der Waals surface area contributed by atoms with E-state index in [4.69, 9.17) is 14.6 Å². The second kappa shape index (κ2) is 5.72. The van der Waals surface area contributed by atoms with Crippen LogP contribution >= 0.6 is 0 Å². The summed E-state index contributed by atoms with van der Waals surface area (Å²) in [6, 6.07) is 3.69. The van der Waals surface area contributed by atoms with E-state index in [0.29, 0.717) is 6.42 Å². The fourth-order valence-electron chi connectivity index (χ4n) is 1.59. The van der Waals surface area contributed by atoms with Crippen LogP contribution in [0.5, 0.6) is 11.5 Å². The zero-order valence-electron chi connectivity index (χ0n) is 9.86. The Labute approximate surface area is 95.4 Å². The predicted octanol–water partition coefficient (Wildman–Crippen LogP) is 0.908. The number of methoxy groups -OCH3 is 2. The summed E-state index contributed by atoms with van der Waals surface area (Å²) in [4.78, 5) is 0. The van der Waals surface area contributed by atoms with Crippen LogP contribution in [-0.2, 0) is 6.42 Å². The van der Waals surface area contributed by atoms with Crippen LogP contribution in [0, 0.1) is 6.92 Å². The maximum absolute atomic E-state index is 9.38. The Kier molecular flexibility index (Phi) is 4.58. The van der Waals surface area contributed by atoms with E-state index in [9.17, 15) is 5.11 Å². The van der Waals surface area contributed by atoms with Gasteiger partial charge in [0.15, 0.2) is 0 Å². The SMILES string of the molecule is COc1cc(CC(O)CO)cc(OC)c1C. The van der Waals surface area contributed by atoms with E-state index in [0.717, 1.165) is 22.6 Å². The highest BCUT2D eigenvalue weighted by molar-refractivity contribution is 5.47. The Morgan fingerprint density at radius 2 is 1.69 bits per heavy atom. The second-order valence-corrected chi connectivity index (χ2v) is 3.67. The molecule has 4 heteroatoms. The lowest BCUT2D eigenvalue weighted by atomic mass is 10.0. The lowest BCUT2D eigenvalue weighted by Crippen LogP contribution is -2.15. The minimum Gasteiger partial charge on any atom is -0.496 e. The van der Waals surface area contributed by atoms with Gasteiger partial charge in [0.1, 0.15) is 11.5 Å². The molecule has 0 spiro atoms. The summed E-state index contributed by atoms with van der Waals surface area (Å²) in [6.07, 6.45) is -0.374. The van der Waals surface area contributed by atoms with Gasteiger partial charge in [0, 0.05) is 12.0 Å². The van der Waals surface area contributed by atoms with Gasteiger partial charge >= 0.3 is 0 Å². The average Bonchev–Trinajstić information content (AvgIpc) is 2.30. The smallest absolute Gasteiger partial charge is 0.125 e. The highest BCUT2D eigenvalue weighted by Gasteiger charge is 2.11. The van der Waals surface area contributed by atoms with Gasteiger partial charge in [0.05, 0.1) is 26.9 Å². The van der Waals surface area contributed by atoms with Crippen molar-refractivity contribution in [3.63, 3.8) is 0 Å². The van der Waals surface area contributed by atoms with Crippen molar-refractivity contribution >= 4 is 0 Å². The topological polar surface area (TPSA) is 58.9 Å². The molecule has 0 aromatic heterocycles. The van der Waals surface area contributed by atoms with Crippen molar-refractivity contribution in [2.24, 2.45) is 0 Å². The third kappa shape index (κ3) is 2.87. The van der Waals surface area contributed by atoms with Crippen LogP contribution in [0.15, 0.2) is 12.1 Å². The van der Waals surface area contributed by atoms with E-state index < -0.39 is 6.10 Å². The van der Waals surface area contributed by atoms with Gasteiger partial charge in [0.2, 0.25) is 0 Å². The third-order valence-electron chi connectivity index (χ3n) is 2.49. The van der Waals surface area contributed by atoms with Crippen molar-refractivity contribution in [2.45, 2.75) is 19.4 Å². The lowest BCUT2D eigenvalue weighted by Gasteiger charge is -2.14. The second-order valence-electron chi connectivity index (χ2n) is 3.67. The van der Waals surface area contributed by atoms with Gasteiger partial charge in [-0.25, -0.2) is 0 Å². The molecule has 16 heavy (non-hydrogen) atoms. The van der Waals surface area contributed by atoms with Crippen molar-refractivity contribution in [1.82, 2.24) is 0 Å². The highest BCUT2D eigenvalue weighted by atomic mass is 16.5. The molecular weight excluding hydrogens is 208 g/mol. The number of aliphatic hydroxyl groups is 2. The molecule has 0 aliphatic carbocycles. The van der Waals surface area contributed by atoms with E-state index >= 15 is 0 Å². The van der Waals surface area contributed by atoms with E-state index in [1.807, 2.05) is 19.1 Å². The number of hydrogen-bond acceptors (Lipinski definition) is 4. The van der Waals surface area contributed by atoms with E-state index in [1.165, 1.54) is 0 Å². The average molecular weight is 226 g/mol. The molecule has 1 aromatic rings. The van der Waals surface area contributed by atoms with Crippen LogP contribution in [0.2, 0.25) is 0 Å². The summed E-state index contributed by atoms with van der Waals surface area (Å²) < 4.78 is 10.4.